The van der Waals surface area contributed by atoms with Crippen LogP contribution in [0.1, 0.15) is 16.7 Å². The first-order chi connectivity index (χ1) is 7.08. The number of nitrogens with zero attached hydrogens (tertiary/aromatic N) is 1. The van der Waals surface area contributed by atoms with Crippen molar-refractivity contribution in [3.63, 3.8) is 0 Å². The normalized spacial score (nSPS) is 9.67. The van der Waals surface area contributed by atoms with E-state index in [0.29, 0.717) is 16.0 Å². The number of benzene rings is 1. The zero-order valence-corrected chi connectivity index (χ0v) is 9.35. The lowest BCUT2D eigenvalue weighted by Crippen LogP contribution is -2.03. The van der Waals surface area contributed by atoms with E-state index in [-0.39, 0.29) is 12.3 Å². The second kappa shape index (κ2) is 5.06. The first kappa shape index (κ1) is 11.9. The molecule has 0 spiro atoms. The molecule has 3 nitrogen and oxygen atoms in total. The number of aliphatic carboxylic acids is 1. The molecular formula is C10H8ClNO2S. The Morgan fingerprint density at radius 1 is 1.60 bits per heavy atom. The standard InChI is InChI=1S/C10H8ClNO2S/c11-4-6-1-7(3-9(13)14)10(15)8(2-6)5-12/h1-2,15H,3-4H2,(H,13,14). The van der Waals surface area contributed by atoms with Crippen LogP contribution in [-0.4, -0.2) is 11.1 Å². The van der Waals surface area contributed by atoms with Gasteiger partial charge in [0, 0.05) is 10.8 Å². The average molecular weight is 242 g/mol. The van der Waals surface area contributed by atoms with E-state index in [1.165, 1.54) is 0 Å². The second-order valence-corrected chi connectivity index (χ2v) is 3.68. The number of nitriles is 1. The van der Waals surface area contributed by atoms with Gasteiger partial charge in [-0.1, -0.05) is 6.07 Å². The van der Waals surface area contributed by atoms with Gasteiger partial charge < -0.3 is 5.11 Å². The third kappa shape index (κ3) is 2.88. The number of hydrogen-bond donors (Lipinski definition) is 2. The second-order valence-electron chi connectivity index (χ2n) is 2.97. The Labute approximate surface area is 97.7 Å². The molecule has 1 rings (SSSR count). The van der Waals surface area contributed by atoms with Gasteiger partial charge in [-0.25, -0.2) is 0 Å². The van der Waals surface area contributed by atoms with Crippen molar-refractivity contribution in [2.24, 2.45) is 0 Å². The molecule has 15 heavy (non-hydrogen) atoms. The molecule has 1 N–H and O–H groups in total. The molecule has 0 unspecified atom stereocenters. The first-order valence-corrected chi connectivity index (χ1v) is 5.09. The molecule has 0 saturated heterocycles. The molecule has 0 amide bonds. The summed E-state index contributed by atoms with van der Waals surface area (Å²) in [6.45, 7) is 0. The van der Waals surface area contributed by atoms with Gasteiger partial charge in [-0.2, -0.15) is 5.26 Å². The molecule has 0 aliphatic carbocycles. The van der Waals surface area contributed by atoms with Gasteiger partial charge in [0.05, 0.1) is 12.0 Å². The maximum absolute atomic E-state index is 10.6. The minimum absolute atomic E-state index is 0.155. The summed E-state index contributed by atoms with van der Waals surface area (Å²) in [5.74, 6) is -0.712. The van der Waals surface area contributed by atoms with Gasteiger partial charge in [-0.3, -0.25) is 4.79 Å². The van der Waals surface area contributed by atoms with Crippen LogP contribution in [0.2, 0.25) is 0 Å². The summed E-state index contributed by atoms with van der Waals surface area (Å²) < 4.78 is 0. The number of halogens is 1. The van der Waals surface area contributed by atoms with Gasteiger partial charge in [-0.15, -0.1) is 24.2 Å². The van der Waals surface area contributed by atoms with E-state index in [4.69, 9.17) is 22.0 Å². The van der Waals surface area contributed by atoms with Crippen LogP contribution < -0.4 is 0 Å². The van der Waals surface area contributed by atoms with Gasteiger partial charge >= 0.3 is 5.97 Å². The van der Waals surface area contributed by atoms with Crippen molar-refractivity contribution in [3.8, 4) is 6.07 Å². The van der Waals surface area contributed by atoms with Crippen molar-refractivity contribution >= 4 is 30.2 Å². The Hall–Kier alpha value is -1.18. The van der Waals surface area contributed by atoms with Crippen molar-refractivity contribution in [3.05, 3.63) is 28.8 Å². The largest absolute Gasteiger partial charge is 0.481 e. The number of thiol groups is 1. The molecule has 0 aliphatic rings. The molecule has 0 saturated carbocycles. The molecule has 78 valence electrons. The van der Waals surface area contributed by atoms with Gasteiger partial charge in [0.2, 0.25) is 0 Å². The zero-order valence-electron chi connectivity index (χ0n) is 7.70. The van der Waals surface area contributed by atoms with E-state index in [0.717, 1.165) is 5.56 Å². The van der Waals surface area contributed by atoms with Crippen LogP contribution in [0.5, 0.6) is 0 Å². The Morgan fingerprint density at radius 3 is 2.73 bits per heavy atom. The molecule has 0 heterocycles. The molecular weight excluding hydrogens is 234 g/mol. The van der Waals surface area contributed by atoms with Gasteiger partial charge in [0.1, 0.15) is 6.07 Å². The monoisotopic (exact) mass is 241 g/mol. The van der Waals surface area contributed by atoms with E-state index < -0.39 is 5.97 Å². The first-order valence-electron chi connectivity index (χ1n) is 4.11. The SMILES string of the molecule is N#Cc1cc(CCl)cc(CC(=O)O)c1S. The summed E-state index contributed by atoms with van der Waals surface area (Å²) in [5, 5.41) is 17.5. The lowest BCUT2D eigenvalue weighted by molar-refractivity contribution is -0.136. The molecule has 0 fully saturated rings. The lowest BCUT2D eigenvalue weighted by atomic mass is 10.0. The molecule has 0 aliphatic heterocycles. The molecule has 0 aromatic heterocycles. The third-order valence-corrected chi connectivity index (χ3v) is 2.70. The van der Waals surface area contributed by atoms with Crippen molar-refractivity contribution in [2.75, 3.05) is 0 Å². The zero-order chi connectivity index (χ0) is 11.4. The summed E-state index contributed by atoms with van der Waals surface area (Å²) in [5.41, 5.74) is 1.59. The molecule has 1 aromatic rings. The van der Waals surface area contributed by atoms with Crippen LogP contribution in [0.15, 0.2) is 17.0 Å². The quantitative estimate of drug-likeness (QED) is 0.630. The number of alkyl halides is 1. The van der Waals surface area contributed by atoms with Crippen LogP contribution >= 0.6 is 24.2 Å². The van der Waals surface area contributed by atoms with E-state index in [1.807, 2.05) is 6.07 Å². The molecule has 0 radical (unpaired) electrons. The number of carbonyl (C=O) groups is 1. The molecule has 0 bridgehead atoms. The number of rotatable bonds is 3. The van der Waals surface area contributed by atoms with Crippen LogP contribution in [0.25, 0.3) is 0 Å². The van der Waals surface area contributed by atoms with Crippen LogP contribution in [-0.2, 0) is 17.1 Å². The Bertz CT molecular complexity index is 440. The summed E-state index contributed by atoms with van der Waals surface area (Å²) in [7, 11) is 0. The fraction of sp³-hybridized carbons (Fsp3) is 0.200. The Balaban J connectivity index is 3.25. The van der Waals surface area contributed by atoms with E-state index >= 15 is 0 Å². The number of hydrogen-bond acceptors (Lipinski definition) is 3. The van der Waals surface area contributed by atoms with E-state index in [9.17, 15) is 4.79 Å². The van der Waals surface area contributed by atoms with Gasteiger partial charge in [0.25, 0.3) is 0 Å². The number of carboxylic acids is 1. The molecule has 5 heteroatoms. The highest BCUT2D eigenvalue weighted by atomic mass is 35.5. The maximum atomic E-state index is 10.6. The van der Waals surface area contributed by atoms with Crippen molar-refractivity contribution < 1.29 is 9.90 Å². The molecule has 1 aromatic carbocycles. The van der Waals surface area contributed by atoms with Crippen molar-refractivity contribution in [2.45, 2.75) is 17.2 Å². The van der Waals surface area contributed by atoms with Crippen LogP contribution in [0.3, 0.4) is 0 Å². The minimum atomic E-state index is -0.957. The topological polar surface area (TPSA) is 61.1 Å². The van der Waals surface area contributed by atoms with Crippen LogP contribution in [0, 0.1) is 11.3 Å². The summed E-state index contributed by atoms with van der Waals surface area (Å²) in [4.78, 5) is 11.0. The predicted octanol–water partition coefficient (Wildman–Crippen LogP) is 2.21. The Kier molecular flexibility index (Phi) is 4.01. The minimum Gasteiger partial charge on any atom is -0.481 e. The Morgan fingerprint density at radius 2 is 2.27 bits per heavy atom. The average Bonchev–Trinajstić information content (AvgIpc) is 2.20. The summed E-state index contributed by atoms with van der Waals surface area (Å²) in [6, 6.07) is 5.22. The maximum Gasteiger partial charge on any atom is 0.307 e. The van der Waals surface area contributed by atoms with Gasteiger partial charge in [0.15, 0.2) is 0 Å². The van der Waals surface area contributed by atoms with Crippen LogP contribution in [0.4, 0.5) is 0 Å². The highest BCUT2D eigenvalue weighted by Gasteiger charge is 2.10. The summed E-state index contributed by atoms with van der Waals surface area (Å²) >= 11 is 9.76. The highest BCUT2D eigenvalue weighted by Crippen LogP contribution is 2.22. The fourth-order valence-electron chi connectivity index (χ4n) is 1.22. The summed E-state index contributed by atoms with van der Waals surface area (Å²) in [6.07, 6.45) is -0.155. The van der Waals surface area contributed by atoms with Gasteiger partial charge in [-0.05, 0) is 17.2 Å². The van der Waals surface area contributed by atoms with Crippen molar-refractivity contribution in [1.82, 2.24) is 0 Å². The predicted molar refractivity (Wildman–Crippen MR) is 59.3 cm³/mol. The smallest absolute Gasteiger partial charge is 0.307 e. The highest BCUT2D eigenvalue weighted by molar-refractivity contribution is 7.80. The van der Waals surface area contributed by atoms with E-state index in [1.54, 1.807) is 12.1 Å². The fourth-order valence-corrected chi connectivity index (χ4v) is 1.63. The number of carboxylic acid groups (broad SMARTS) is 1. The third-order valence-electron chi connectivity index (χ3n) is 1.87. The van der Waals surface area contributed by atoms with E-state index in [2.05, 4.69) is 12.6 Å². The lowest BCUT2D eigenvalue weighted by Gasteiger charge is -2.06. The van der Waals surface area contributed by atoms with Crippen molar-refractivity contribution in [1.29, 1.82) is 5.26 Å². The molecule has 0 atom stereocenters.